The van der Waals surface area contributed by atoms with E-state index in [-0.39, 0.29) is 5.56 Å². The number of aromatic nitrogens is 2. The van der Waals surface area contributed by atoms with E-state index in [1.54, 1.807) is 14.2 Å². The number of hydrogen-bond donors (Lipinski definition) is 1. The van der Waals surface area contributed by atoms with Crippen LogP contribution >= 0.6 is 0 Å². The first-order chi connectivity index (χ1) is 13.7. The minimum atomic E-state index is -0.0689. The molecule has 0 bridgehead atoms. The predicted molar refractivity (Wildman–Crippen MR) is 108 cm³/mol. The van der Waals surface area contributed by atoms with Crippen molar-refractivity contribution in [3.05, 3.63) is 75.7 Å². The normalized spacial score (nSPS) is 13.8. The minimum absolute atomic E-state index is 0.0689. The molecule has 2 aromatic carbocycles. The molecule has 0 atom stereocenters. The Morgan fingerprint density at radius 3 is 2.43 bits per heavy atom. The van der Waals surface area contributed by atoms with Gasteiger partial charge in [-0.2, -0.15) is 0 Å². The van der Waals surface area contributed by atoms with Gasteiger partial charge in [0.1, 0.15) is 17.3 Å². The lowest BCUT2D eigenvalue weighted by Crippen LogP contribution is -2.35. The number of fused-ring (bicyclic) bond motifs is 1. The molecule has 0 radical (unpaired) electrons. The van der Waals surface area contributed by atoms with Crippen molar-refractivity contribution in [2.75, 3.05) is 20.8 Å². The number of ether oxygens (including phenoxy) is 2. The van der Waals surface area contributed by atoms with Crippen LogP contribution < -0.4 is 15.0 Å². The topological polar surface area (TPSA) is 67.5 Å². The van der Waals surface area contributed by atoms with E-state index in [9.17, 15) is 4.79 Å². The van der Waals surface area contributed by atoms with Crippen molar-refractivity contribution in [1.29, 1.82) is 0 Å². The van der Waals surface area contributed by atoms with Crippen LogP contribution in [0.3, 0.4) is 0 Å². The Bertz CT molecular complexity index is 1010. The lowest BCUT2D eigenvalue weighted by atomic mass is 10.0. The second-order valence-corrected chi connectivity index (χ2v) is 6.81. The molecule has 4 rings (SSSR count). The molecule has 0 spiro atoms. The average molecular weight is 377 g/mol. The molecule has 3 aromatic rings. The summed E-state index contributed by atoms with van der Waals surface area (Å²) in [6, 6.07) is 15.5. The summed E-state index contributed by atoms with van der Waals surface area (Å²) in [5, 5.41) is 0. The summed E-state index contributed by atoms with van der Waals surface area (Å²) in [7, 11) is 3.31. The van der Waals surface area contributed by atoms with Crippen molar-refractivity contribution in [3.63, 3.8) is 0 Å². The van der Waals surface area contributed by atoms with E-state index in [2.05, 4.69) is 9.88 Å². The summed E-state index contributed by atoms with van der Waals surface area (Å²) in [6.07, 6.45) is 0.733. The predicted octanol–water partition coefficient (Wildman–Crippen LogP) is 3.01. The Hall–Kier alpha value is -3.12. The number of rotatable bonds is 5. The summed E-state index contributed by atoms with van der Waals surface area (Å²) in [6.45, 7) is 2.01. The van der Waals surface area contributed by atoms with Gasteiger partial charge in [-0.25, -0.2) is 4.98 Å². The largest absolute Gasteiger partial charge is 0.496 e. The van der Waals surface area contributed by atoms with Gasteiger partial charge in [0.05, 0.1) is 31.0 Å². The van der Waals surface area contributed by atoms with Crippen LogP contribution in [0.1, 0.15) is 16.8 Å². The minimum Gasteiger partial charge on any atom is -0.496 e. The summed E-state index contributed by atoms with van der Waals surface area (Å²) < 4.78 is 11.0. The van der Waals surface area contributed by atoms with Crippen LogP contribution in [0.2, 0.25) is 0 Å². The van der Waals surface area contributed by atoms with Crippen LogP contribution in [0.5, 0.6) is 11.5 Å². The van der Waals surface area contributed by atoms with Crippen molar-refractivity contribution in [2.45, 2.75) is 19.5 Å². The second-order valence-electron chi connectivity index (χ2n) is 6.81. The smallest absolute Gasteiger partial charge is 0.255 e. The van der Waals surface area contributed by atoms with Gasteiger partial charge in [-0.05, 0) is 12.1 Å². The van der Waals surface area contributed by atoms with Crippen LogP contribution in [0, 0.1) is 0 Å². The number of nitrogens with one attached hydrogen (secondary N) is 1. The molecule has 0 fully saturated rings. The highest BCUT2D eigenvalue weighted by molar-refractivity contribution is 5.54. The number of H-pyrrole nitrogens is 1. The van der Waals surface area contributed by atoms with E-state index in [4.69, 9.17) is 14.5 Å². The third-order valence-corrected chi connectivity index (χ3v) is 5.11. The fourth-order valence-electron chi connectivity index (χ4n) is 3.66. The molecule has 1 aromatic heterocycles. The van der Waals surface area contributed by atoms with Crippen molar-refractivity contribution in [3.8, 4) is 22.9 Å². The lowest BCUT2D eigenvalue weighted by molar-refractivity contribution is 0.234. The highest BCUT2D eigenvalue weighted by atomic mass is 16.5. The first-order valence-electron chi connectivity index (χ1n) is 9.29. The van der Waals surface area contributed by atoms with Crippen molar-refractivity contribution in [2.24, 2.45) is 0 Å². The van der Waals surface area contributed by atoms with E-state index >= 15 is 0 Å². The molecule has 1 aliphatic rings. The van der Waals surface area contributed by atoms with Crippen molar-refractivity contribution >= 4 is 0 Å². The Kier molecular flexibility index (Phi) is 5.12. The standard InChI is InChI=1S/C22H23N3O3/c1-27-19-9-6-10-20(28-2)17(19)14-25-12-11-18-16(13-25)22(26)24-21(23-18)15-7-4-3-5-8-15/h3-10H,11-14H2,1-2H3,(H,23,24,26). The van der Waals surface area contributed by atoms with Gasteiger partial charge in [-0.1, -0.05) is 36.4 Å². The van der Waals surface area contributed by atoms with E-state index in [1.165, 1.54) is 0 Å². The zero-order valence-electron chi connectivity index (χ0n) is 16.1. The second kappa shape index (κ2) is 7.86. The van der Waals surface area contributed by atoms with Gasteiger partial charge in [0.15, 0.2) is 0 Å². The maximum Gasteiger partial charge on any atom is 0.255 e. The summed E-state index contributed by atoms with van der Waals surface area (Å²) in [5.41, 5.74) is 3.45. The molecule has 0 unspecified atom stereocenters. The van der Waals surface area contributed by atoms with Gasteiger partial charge in [0.2, 0.25) is 0 Å². The van der Waals surface area contributed by atoms with Crippen molar-refractivity contribution in [1.82, 2.24) is 14.9 Å². The van der Waals surface area contributed by atoms with Gasteiger partial charge in [-0.15, -0.1) is 0 Å². The van der Waals surface area contributed by atoms with Gasteiger partial charge in [-0.3, -0.25) is 9.69 Å². The number of benzene rings is 2. The third kappa shape index (κ3) is 3.51. The van der Waals surface area contributed by atoms with Crippen LogP contribution in [0.25, 0.3) is 11.4 Å². The molecule has 6 heteroatoms. The number of aromatic amines is 1. The lowest BCUT2D eigenvalue weighted by Gasteiger charge is -2.28. The monoisotopic (exact) mass is 377 g/mol. The zero-order chi connectivity index (χ0) is 19.5. The fraction of sp³-hybridized carbons (Fsp3) is 0.273. The quantitative estimate of drug-likeness (QED) is 0.740. The number of nitrogens with zero attached hydrogens (tertiary/aromatic N) is 2. The van der Waals surface area contributed by atoms with Crippen LogP contribution in [-0.2, 0) is 19.5 Å². The first-order valence-corrected chi connectivity index (χ1v) is 9.29. The third-order valence-electron chi connectivity index (χ3n) is 5.11. The molecule has 1 N–H and O–H groups in total. The van der Waals surface area contributed by atoms with E-state index in [0.717, 1.165) is 46.8 Å². The maximum absolute atomic E-state index is 12.7. The van der Waals surface area contributed by atoms with Gasteiger partial charge in [0, 0.05) is 31.6 Å². The molecule has 0 amide bonds. The summed E-state index contributed by atoms with van der Waals surface area (Å²) in [5.74, 6) is 2.21. The number of methoxy groups -OCH3 is 2. The summed E-state index contributed by atoms with van der Waals surface area (Å²) >= 11 is 0. The van der Waals surface area contributed by atoms with Crippen LogP contribution in [-0.4, -0.2) is 35.6 Å². The molecular formula is C22H23N3O3. The van der Waals surface area contributed by atoms with Crippen molar-refractivity contribution < 1.29 is 9.47 Å². The zero-order valence-corrected chi connectivity index (χ0v) is 16.1. The molecule has 2 heterocycles. The van der Waals surface area contributed by atoms with E-state index < -0.39 is 0 Å². The Labute approximate surface area is 163 Å². The number of hydrogen-bond acceptors (Lipinski definition) is 5. The fourth-order valence-corrected chi connectivity index (χ4v) is 3.66. The molecular weight excluding hydrogens is 354 g/mol. The molecule has 144 valence electrons. The summed E-state index contributed by atoms with van der Waals surface area (Å²) in [4.78, 5) is 22.6. The molecule has 0 saturated carbocycles. The van der Waals surface area contributed by atoms with Gasteiger partial charge < -0.3 is 14.5 Å². The Balaban J connectivity index is 1.61. The highest BCUT2D eigenvalue weighted by Gasteiger charge is 2.23. The first kappa shape index (κ1) is 18.3. The molecule has 0 aliphatic carbocycles. The maximum atomic E-state index is 12.7. The van der Waals surface area contributed by atoms with E-state index in [1.807, 2.05) is 48.5 Å². The highest BCUT2D eigenvalue weighted by Crippen LogP contribution is 2.30. The van der Waals surface area contributed by atoms with Gasteiger partial charge >= 0.3 is 0 Å². The Morgan fingerprint density at radius 1 is 1.04 bits per heavy atom. The van der Waals surface area contributed by atoms with Crippen LogP contribution in [0.4, 0.5) is 0 Å². The van der Waals surface area contributed by atoms with Gasteiger partial charge in [0.25, 0.3) is 5.56 Å². The molecule has 0 saturated heterocycles. The molecule has 28 heavy (non-hydrogen) atoms. The average Bonchev–Trinajstić information content (AvgIpc) is 2.74. The Morgan fingerprint density at radius 2 is 1.75 bits per heavy atom. The van der Waals surface area contributed by atoms with Crippen LogP contribution in [0.15, 0.2) is 53.3 Å². The molecule has 6 nitrogen and oxygen atoms in total. The molecule has 1 aliphatic heterocycles. The SMILES string of the molecule is COc1cccc(OC)c1CN1CCc2nc(-c3ccccc3)[nH]c(=O)c2C1. The van der Waals surface area contributed by atoms with E-state index in [0.29, 0.717) is 18.9 Å².